The molecule has 1 fully saturated rings. The van der Waals surface area contributed by atoms with Crippen molar-refractivity contribution < 1.29 is 48.8 Å². The third-order valence-corrected chi connectivity index (χ3v) is 10.4. The fourth-order valence-corrected chi connectivity index (χ4v) is 6.75. The molecule has 12 N–H and O–H groups in total. The molecule has 63 heavy (non-hydrogen) atoms. The highest BCUT2D eigenvalue weighted by atomic mass is 16.5. The second-order valence-corrected chi connectivity index (χ2v) is 15.1. The maximum absolute atomic E-state index is 14.1. The molecule has 0 aliphatic carbocycles. The van der Waals surface area contributed by atoms with Gasteiger partial charge in [-0.25, -0.2) is 14.4 Å². The lowest BCUT2D eigenvalue weighted by atomic mass is 10.0. The number of ether oxygens (including phenoxy) is 1. The van der Waals surface area contributed by atoms with E-state index in [9.17, 15) is 53.7 Å². The summed E-state index contributed by atoms with van der Waals surface area (Å²) in [6.45, 7) is 4.12. The van der Waals surface area contributed by atoms with Crippen molar-refractivity contribution in [3.8, 4) is 5.75 Å². The number of carbonyl (C=O) groups is 6. The van der Waals surface area contributed by atoms with Crippen LogP contribution in [-0.2, 0) is 41.6 Å². The number of nitrogens with two attached hydrogens (primary N) is 1. The number of likely N-dealkylation sites (N-methyl/N-ethyl adjacent to an activating group) is 1. The highest BCUT2D eigenvalue weighted by molar-refractivity contribution is 5.94. The van der Waals surface area contributed by atoms with Crippen molar-refractivity contribution in [2.75, 3.05) is 7.05 Å². The summed E-state index contributed by atoms with van der Waals surface area (Å²) in [4.78, 5) is 110. The number of aliphatic carboxylic acids is 1. The first-order valence-corrected chi connectivity index (χ1v) is 19.7. The van der Waals surface area contributed by atoms with Gasteiger partial charge in [0.1, 0.15) is 41.8 Å². The van der Waals surface area contributed by atoms with Gasteiger partial charge in [-0.05, 0) is 50.1 Å². The van der Waals surface area contributed by atoms with Gasteiger partial charge in [0.25, 0.3) is 5.56 Å². The fraction of sp³-hybridized carbons (Fsp3) is 0.366. The number of fused-ring (bicyclic) bond motifs is 1. The van der Waals surface area contributed by atoms with Gasteiger partial charge in [0, 0.05) is 61.9 Å². The van der Waals surface area contributed by atoms with Gasteiger partial charge in [0.15, 0.2) is 0 Å². The number of rotatable bonds is 17. The standard InChI is InChI=1S/C41H50N10O12/c1-20(42)34(55)46-29(15-23-8-7-9-25(52)14-23)37(58)50(4)22(3)33(36(57)44-19-26-17-31(53)38(63-26)51-13-12-32(54)48-41(51)62)49-35(56)21(2)45-40(61)47-30(39(59)60)16-24-18-43-28-11-6-5-10-27(24)28/h5-14,18-22,29-31,33,38,43,52-53H,15-17,42H2,1-4H3,(H,44,57)(H,46,55)(H,49,56)(H,59,60)(H2,45,47,61)(H,48,54,62). The summed E-state index contributed by atoms with van der Waals surface area (Å²) in [6, 6.07) is 5.37. The first-order valence-electron chi connectivity index (χ1n) is 19.7. The molecule has 2 aromatic heterocycles. The first kappa shape index (κ1) is 46.6. The topological polar surface area (TPSA) is 332 Å². The molecule has 0 spiro atoms. The minimum Gasteiger partial charge on any atom is -0.508 e. The van der Waals surface area contributed by atoms with Crippen LogP contribution in [0.1, 0.15) is 44.5 Å². The number of nitrogens with one attached hydrogen (secondary N) is 7. The lowest BCUT2D eigenvalue weighted by Crippen LogP contribution is -2.62. The Kier molecular flexibility index (Phi) is 15.1. The number of para-hydroxylation sites is 1. The summed E-state index contributed by atoms with van der Waals surface area (Å²) in [5, 5.41) is 43.7. The van der Waals surface area contributed by atoms with E-state index in [2.05, 4.69) is 36.6 Å². The molecule has 6 amide bonds. The smallest absolute Gasteiger partial charge is 0.331 e. The van der Waals surface area contributed by atoms with Crippen LogP contribution in [0.5, 0.6) is 5.75 Å². The highest BCUT2D eigenvalue weighted by Gasteiger charge is 2.37. The summed E-state index contributed by atoms with van der Waals surface area (Å²) in [6.07, 6.45) is 0.895. The number of aliphatic hydroxyl groups excluding tert-OH is 1. The summed E-state index contributed by atoms with van der Waals surface area (Å²) in [5.74, 6) is -4.67. The van der Waals surface area contributed by atoms with E-state index in [-0.39, 0.29) is 30.8 Å². The van der Waals surface area contributed by atoms with Crippen molar-refractivity contribution >= 4 is 46.5 Å². The third-order valence-electron chi connectivity index (χ3n) is 10.4. The number of aromatic nitrogens is 3. The van der Waals surface area contributed by atoms with Gasteiger partial charge >= 0.3 is 17.7 Å². The lowest BCUT2D eigenvalue weighted by Gasteiger charge is -2.34. The molecule has 5 rings (SSSR count). The van der Waals surface area contributed by atoms with E-state index >= 15 is 0 Å². The molecule has 4 aromatic rings. The number of urea groups is 1. The molecule has 8 unspecified atom stereocenters. The van der Waals surface area contributed by atoms with Crippen LogP contribution in [0.3, 0.4) is 0 Å². The number of benzene rings is 2. The Hall–Kier alpha value is -7.46. The van der Waals surface area contributed by atoms with Gasteiger partial charge in [-0.3, -0.25) is 33.5 Å². The molecule has 2 aromatic carbocycles. The number of carboxylic acids is 1. The second kappa shape index (κ2) is 20.4. The molecule has 0 bridgehead atoms. The van der Waals surface area contributed by atoms with Crippen LogP contribution < -0.4 is 43.6 Å². The molecule has 22 heteroatoms. The molecular weight excluding hydrogens is 825 g/mol. The zero-order valence-electron chi connectivity index (χ0n) is 34.7. The molecule has 22 nitrogen and oxygen atoms in total. The van der Waals surface area contributed by atoms with E-state index in [1.54, 1.807) is 30.5 Å². The number of carbonyl (C=O) groups excluding carboxylic acids is 5. The first-order chi connectivity index (χ1) is 29.8. The summed E-state index contributed by atoms with van der Waals surface area (Å²) < 4.78 is 6.64. The number of carboxylic acid groups (broad SMARTS) is 1. The number of aromatic hydroxyl groups is 1. The largest absolute Gasteiger partial charge is 0.508 e. The van der Waals surface area contributed by atoms with Crippen molar-refractivity contribution in [3.63, 3.8) is 0 Å². The maximum Gasteiger partial charge on any atom is 0.331 e. The maximum atomic E-state index is 14.1. The Labute approximate surface area is 358 Å². The number of aliphatic hydroxyl groups is 1. The second-order valence-electron chi connectivity index (χ2n) is 15.1. The van der Waals surface area contributed by atoms with Crippen LogP contribution in [0.2, 0.25) is 0 Å². The molecule has 336 valence electrons. The molecule has 1 saturated heterocycles. The summed E-state index contributed by atoms with van der Waals surface area (Å²) in [5.41, 5.74) is 6.12. The normalized spacial score (nSPS) is 18.2. The van der Waals surface area contributed by atoms with E-state index in [0.717, 1.165) is 38.8 Å². The van der Waals surface area contributed by atoms with Crippen LogP contribution in [0.4, 0.5) is 4.79 Å². The molecule has 0 saturated carbocycles. The van der Waals surface area contributed by atoms with Crippen molar-refractivity contribution in [1.82, 2.24) is 46.0 Å². The van der Waals surface area contributed by atoms with Gasteiger partial charge in [-0.1, -0.05) is 30.3 Å². The SMILES string of the molecule is CC(N)C(=O)NC(Cc1cccc(O)c1)C(=O)N(C)C(C)C(NC(=O)C(C)NC(=O)NC(Cc1c[nH]c2ccccc12)C(=O)O)C(=O)NC=C1CC(O)C(n2ccc(=O)[nH]c2=O)O1. The number of hydrogen-bond donors (Lipinski definition) is 11. The molecule has 1 aliphatic heterocycles. The zero-order valence-corrected chi connectivity index (χ0v) is 34.7. The minimum absolute atomic E-state index is 0.00164. The highest BCUT2D eigenvalue weighted by Crippen LogP contribution is 2.30. The van der Waals surface area contributed by atoms with Crippen molar-refractivity contribution in [3.05, 3.63) is 111 Å². The van der Waals surface area contributed by atoms with Crippen LogP contribution in [0.25, 0.3) is 10.9 Å². The van der Waals surface area contributed by atoms with Gasteiger partial charge in [-0.15, -0.1) is 0 Å². The Bertz CT molecular complexity index is 2500. The molecular formula is C41H50N10O12. The zero-order chi connectivity index (χ0) is 46.1. The quantitative estimate of drug-likeness (QED) is 0.0592. The van der Waals surface area contributed by atoms with E-state index in [4.69, 9.17) is 10.5 Å². The van der Waals surface area contributed by atoms with Crippen molar-refractivity contribution in [2.45, 2.75) is 88.6 Å². The average molecular weight is 875 g/mol. The predicted octanol–water partition coefficient (Wildman–Crippen LogP) is -1.25. The Morgan fingerprint density at radius 2 is 1.67 bits per heavy atom. The van der Waals surface area contributed by atoms with Crippen LogP contribution >= 0.6 is 0 Å². The molecule has 1 aliphatic rings. The van der Waals surface area contributed by atoms with E-state index in [0.29, 0.717) is 11.1 Å². The third kappa shape index (κ3) is 11.9. The number of hydrogen-bond acceptors (Lipinski definition) is 12. The monoisotopic (exact) mass is 874 g/mol. The number of H-pyrrole nitrogens is 2. The molecule has 8 atom stereocenters. The van der Waals surface area contributed by atoms with Crippen LogP contribution in [0, 0.1) is 0 Å². The van der Waals surface area contributed by atoms with Gasteiger partial charge in [0.2, 0.25) is 29.9 Å². The Morgan fingerprint density at radius 1 is 0.937 bits per heavy atom. The summed E-state index contributed by atoms with van der Waals surface area (Å²) in [7, 11) is 1.32. The fourth-order valence-electron chi connectivity index (χ4n) is 6.75. The van der Waals surface area contributed by atoms with E-state index in [1.807, 2.05) is 12.1 Å². The Morgan fingerprint density at radius 3 is 2.35 bits per heavy atom. The van der Waals surface area contributed by atoms with Gasteiger partial charge in [0.05, 0.1) is 12.1 Å². The van der Waals surface area contributed by atoms with Crippen LogP contribution in [-0.4, -0.2) is 120 Å². The van der Waals surface area contributed by atoms with Crippen LogP contribution in [0.15, 0.2) is 88.5 Å². The predicted molar refractivity (Wildman–Crippen MR) is 224 cm³/mol. The number of phenolic OH excluding ortho intramolecular Hbond substituents is 1. The minimum atomic E-state index is -1.60. The van der Waals surface area contributed by atoms with Gasteiger partial charge in [-0.2, -0.15) is 0 Å². The molecule has 3 heterocycles. The van der Waals surface area contributed by atoms with Crippen molar-refractivity contribution in [2.24, 2.45) is 5.73 Å². The summed E-state index contributed by atoms with van der Waals surface area (Å²) >= 11 is 0. The number of phenols is 1. The number of amides is 6. The number of nitrogens with zero attached hydrogens (tertiary/aromatic N) is 2. The van der Waals surface area contributed by atoms with Gasteiger partial charge < -0.3 is 62.3 Å². The molecule has 0 radical (unpaired) electrons. The Balaban J connectivity index is 1.35. The van der Waals surface area contributed by atoms with E-state index < -0.39 is 95.5 Å². The number of aromatic amines is 2. The van der Waals surface area contributed by atoms with Crippen molar-refractivity contribution in [1.29, 1.82) is 0 Å². The lowest BCUT2D eigenvalue weighted by molar-refractivity contribution is -0.140. The average Bonchev–Trinajstić information content (AvgIpc) is 3.82. The van der Waals surface area contributed by atoms with E-state index in [1.165, 1.54) is 40.0 Å².